The van der Waals surface area contributed by atoms with E-state index in [2.05, 4.69) is 114 Å². The molecule has 1 aromatic heterocycles. The molecule has 0 spiro atoms. The summed E-state index contributed by atoms with van der Waals surface area (Å²) in [5.74, 6) is 1.12. The predicted octanol–water partition coefficient (Wildman–Crippen LogP) is 5.71. The van der Waals surface area contributed by atoms with Crippen molar-refractivity contribution in [1.82, 2.24) is 4.57 Å². The molecule has 0 amide bonds. The summed E-state index contributed by atoms with van der Waals surface area (Å²) >= 11 is 2.01. The van der Waals surface area contributed by atoms with E-state index in [1.807, 2.05) is 11.8 Å². The number of aryl methyl sites for hydroxylation is 1. The molecule has 0 radical (unpaired) electrons. The van der Waals surface area contributed by atoms with E-state index in [1.165, 1.54) is 22.2 Å². The van der Waals surface area contributed by atoms with Crippen LogP contribution in [0.4, 0.5) is 0 Å². The molecule has 4 aromatic rings. The fraction of sp³-hybridized carbons (Fsp3) is 0.240. The van der Waals surface area contributed by atoms with Gasteiger partial charge in [0.25, 0.3) is 0 Å². The van der Waals surface area contributed by atoms with Crippen LogP contribution < -0.4 is 4.57 Å². The van der Waals surface area contributed by atoms with Gasteiger partial charge in [0.05, 0.1) is 6.54 Å². The maximum absolute atomic E-state index is 2.43. The molecule has 0 fully saturated rings. The number of fused-ring (bicyclic) bond motifs is 1. The Morgan fingerprint density at radius 1 is 0.786 bits per heavy atom. The highest BCUT2D eigenvalue weighted by molar-refractivity contribution is 7.99. The third-order valence-corrected chi connectivity index (χ3v) is 6.11. The van der Waals surface area contributed by atoms with Gasteiger partial charge in [-0.2, -0.15) is 11.8 Å². The molecule has 0 aliphatic carbocycles. The van der Waals surface area contributed by atoms with Crippen LogP contribution in [-0.2, 0) is 6.54 Å². The second-order valence-electron chi connectivity index (χ2n) is 7.35. The molecule has 3 aromatic carbocycles. The van der Waals surface area contributed by atoms with Crippen LogP contribution in [-0.4, -0.2) is 15.6 Å². The molecule has 0 bridgehead atoms. The van der Waals surface area contributed by atoms with E-state index in [-0.39, 0.29) is 6.04 Å². The summed E-state index contributed by atoms with van der Waals surface area (Å²) in [4.78, 5) is 0. The Hall–Kier alpha value is -2.52. The van der Waals surface area contributed by atoms with Crippen molar-refractivity contribution in [1.29, 1.82) is 0 Å². The van der Waals surface area contributed by atoms with Crippen molar-refractivity contribution in [2.24, 2.45) is 0 Å². The van der Waals surface area contributed by atoms with Gasteiger partial charge in [0.2, 0.25) is 6.33 Å². The molecule has 2 nitrogen and oxygen atoms in total. The lowest BCUT2D eigenvalue weighted by Gasteiger charge is -2.15. The smallest absolute Gasteiger partial charge is 0.229 e. The van der Waals surface area contributed by atoms with Gasteiger partial charge in [-0.05, 0) is 17.4 Å². The fourth-order valence-electron chi connectivity index (χ4n) is 3.75. The Bertz CT molecular complexity index is 983. The van der Waals surface area contributed by atoms with Crippen molar-refractivity contribution in [2.75, 3.05) is 5.75 Å². The molecule has 3 heteroatoms. The molecule has 0 saturated heterocycles. The second kappa shape index (κ2) is 8.66. The molecule has 142 valence electrons. The number of nitrogens with zero attached hydrogens (tertiary/aromatic N) is 2. The van der Waals surface area contributed by atoms with Crippen LogP contribution in [0.3, 0.4) is 0 Å². The minimum atomic E-state index is 0.159. The Morgan fingerprint density at radius 3 is 1.96 bits per heavy atom. The first-order valence-corrected chi connectivity index (χ1v) is 11.0. The maximum Gasteiger partial charge on any atom is 0.245 e. The number of rotatable bonds is 7. The monoisotopic (exact) mass is 387 g/mol. The molecular formula is C25H27N2S+. The zero-order chi connectivity index (χ0) is 19.3. The van der Waals surface area contributed by atoms with E-state index in [0.29, 0.717) is 5.25 Å². The van der Waals surface area contributed by atoms with E-state index in [4.69, 9.17) is 0 Å². The van der Waals surface area contributed by atoms with Crippen molar-refractivity contribution in [3.63, 3.8) is 0 Å². The molecule has 0 N–H and O–H groups in total. The number of hydrogen-bond donors (Lipinski definition) is 0. The minimum absolute atomic E-state index is 0.159. The van der Waals surface area contributed by atoms with Crippen LogP contribution in [0.5, 0.6) is 0 Å². The van der Waals surface area contributed by atoms with E-state index in [0.717, 1.165) is 12.3 Å². The van der Waals surface area contributed by atoms with Crippen LogP contribution >= 0.6 is 11.8 Å². The molecule has 1 heterocycles. The van der Waals surface area contributed by atoms with Crippen LogP contribution in [0.2, 0.25) is 0 Å². The first kappa shape index (κ1) is 18.8. The highest BCUT2D eigenvalue weighted by Crippen LogP contribution is 2.29. The van der Waals surface area contributed by atoms with Gasteiger partial charge in [-0.25, -0.2) is 9.13 Å². The summed E-state index contributed by atoms with van der Waals surface area (Å²) in [5.41, 5.74) is 5.18. The van der Waals surface area contributed by atoms with Gasteiger partial charge in [-0.3, -0.25) is 0 Å². The molecular weight excluding hydrogens is 360 g/mol. The van der Waals surface area contributed by atoms with Crippen LogP contribution in [0.25, 0.3) is 11.0 Å². The van der Waals surface area contributed by atoms with Gasteiger partial charge in [0.1, 0.15) is 0 Å². The van der Waals surface area contributed by atoms with E-state index < -0.39 is 0 Å². The fourth-order valence-corrected chi connectivity index (χ4v) is 4.53. The summed E-state index contributed by atoms with van der Waals surface area (Å²) in [6, 6.07) is 30.5. The summed E-state index contributed by atoms with van der Waals surface area (Å²) in [6.45, 7) is 5.55. The molecule has 4 rings (SSSR count). The second-order valence-corrected chi connectivity index (χ2v) is 9.03. The standard InChI is InChI=1S/C25H27N2S/c1-20(2)28-18-17-26-19-27(24-16-10-9-15-23(24)26)25(21-11-5-3-6-12-21)22-13-7-4-8-14-22/h3-16,19-20,25H,17-18H2,1-2H3/q+1. The van der Waals surface area contributed by atoms with Gasteiger partial charge in [-0.1, -0.05) is 86.6 Å². The molecule has 0 aliphatic rings. The van der Waals surface area contributed by atoms with Crippen molar-refractivity contribution >= 4 is 22.8 Å². The lowest BCUT2D eigenvalue weighted by Crippen LogP contribution is -2.34. The Morgan fingerprint density at radius 2 is 1.36 bits per heavy atom. The van der Waals surface area contributed by atoms with Crippen LogP contribution in [0, 0.1) is 0 Å². The highest BCUT2D eigenvalue weighted by Gasteiger charge is 2.25. The number of benzene rings is 3. The van der Waals surface area contributed by atoms with E-state index in [1.54, 1.807) is 0 Å². The molecule has 28 heavy (non-hydrogen) atoms. The SMILES string of the molecule is CC(C)SCC[n+]1cn(C(c2ccccc2)c2ccccc2)c2ccccc21. The van der Waals surface area contributed by atoms with Crippen molar-refractivity contribution < 1.29 is 4.57 Å². The predicted molar refractivity (Wildman–Crippen MR) is 120 cm³/mol. The van der Waals surface area contributed by atoms with E-state index in [9.17, 15) is 0 Å². The first-order valence-electron chi connectivity index (χ1n) is 9.94. The summed E-state index contributed by atoms with van der Waals surface area (Å²) in [7, 11) is 0. The number of imidazole rings is 1. The normalized spacial score (nSPS) is 11.6. The lowest BCUT2D eigenvalue weighted by atomic mass is 9.98. The van der Waals surface area contributed by atoms with Gasteiger partial charge in [-0.15, -0.1) is 0 Å². The van der Waals surface area contributed by atoms with Crippen LogP contribution in [0.15, 0.2) is 91.3 Å². The van der Waals surface area contributed by atoms with Crippen molar-refractivity contribution in [3.05, 3.63) is 102 Å². The maximum atomic E-state index is 2.43. The van der Waals surface area contributed by atoms with Crippen molar-refractivity contribution in [3.8, 4) is 0 Å². The van der Waals surface area contributed by atoms with E-state index >= 15 is 0 Å². The lowest BCUT2D eigenvalue weighted by molar-refractivity contribution is -0.667. The largest absolute Gasteiger partial charge is 0.245 e. The Balaban J connectivity index is 1.82. The zero-order valence-electron chi connectivity index (χ0n) is 16.5. The average Bonchev–Trinajstić information content (AvgIpc) is 3.08. The molecule has 0 atom stereocenters. The van der Waals surface area contributed by atoms with Crippen LogP contribution in [0.1, 0.15) is 31.0 Å². The number of hydrogen-bond acceptors (Lipinski definition) is 1. The van der Waals surface area contributed by atoms with Gasteiger partial charge in [0.15, 0.2) is 17.1 Å². The summed E-state index contributed by atoms with van der Waals surface area (Å²) in [6.07, 6.45) is 2.30. The Kier molecular flexibility index (Phi) is 5.82. The average molecular weight is 388 g/mol. The molecule has 0 saturated carbocycles. The summed E-state index contributed by atoms with van der Waals surface area (Å²) < 4.78 is 4.84. The quantitative estimate of drug-likeness (QED) is 0.369. The number of para-hydroxylation sites is 2. The number of thioether (sulfide) groups is 1. The molecule has 0 unspecified atom stereocenters. The zero-order valence-corrected chi connectivity index (χ0v) is 17.3. The summed E-state index contributed by atoms with van der Waals surface area (Å²) in [5, 5.41) is 0.662. The minimum Gasteiger partial charge on any atom is -0.229 e. The van der Waals surface area contributed by atoms with Crippen molar-refractivity contribution in [2.45, 2.75) is 31.7 Å². The highest BCUT2D eigenvalue weighted by atomic mass is 32.2. The third-order valence-electron chi connectivity index (χ3n) is 5.03. The topological polar surface area (TPSA) is 8.81 Å². The van der Waals surface area contributed by atoms with Gasteiger partial charge < -0.3 is 0 Å². The van der Waals surface area contributed by atoms with Gasteiger partial charge in [0, 0.05) is 16.9 Å². The first-order chi connectivity index (χ1) is 13.7. The third kappa shape index (κ3) is 4.00. The molecule has 0 aliphatic heterocycles. The number of aromatic nitrogens is 2. The van der Waals surface area contributed by atoms with Gasteiger partial charge >= 0.3 is 0 Å². The Labute approximate surface area is 171 Å².